The molecule has 0 aromatic heterocycles. The van der Waals surface area contributed by atoms with E-state index in [4.69, 9.17) is 11.2 Å². The molecule has 1 amide bonds. The van der Waals surface area contributed by atoms with Crippen LogP contribution in [-0.4, -0.2) is 25.2 Å². The van der Waals surface area contributed by atoms with E-state index in [0.717, 1.165) is 38.7 Å². The summed E-state index contributed by atoms with van der Waals surface area (Å²) >= 11 is 0. The van der Waals surface area contributed by atoms with Crippen molar-refractivity contribution in [3.63, 3.8) is 0 Å². The lowest BCUT2D eigenvalue weighted by Crippen LogP contribution is -2.30. The Morgan fingerprint density at radius 2 is 2.39 bits per heavy atom. The van der Waals surface area contributed by atoms with E-state index >= 15 is 0 Å². The van der Waals surface area contributed by atoms with Crippen LogP contribution in [0, 0.1) is 12.3 Å². The fraction of sp³-hybridized carbons (Fsp3) is 0.533. The molecule has 1 rings (SSSR count). The first kappa shape index (κ1) is 14.5. The molecule has 0 saturated carbocycles. The molecule has 1 aliphatic heterocycles. The van der Waals surface area contributed by atoms with E-state index in [1.54, 1.807) is 6.08 Å². The van der Waals surface area contributed by atoms with Gasteiger partial charge in [0.25, 0.3) is 0 Å². The standard InChI is InChI=1S/C15H21NO2/c1-2-3-4-5-6-7-8-11-15(17)16-13-14-10-9-12-18-14/h1,6-8,11,14H,3-5,9-10,12-13H2,(H,16,17)/b7-6+,11-8+. The maximum atomic E-state index is 11.4. The number of nitrogens with one attached hydrogen (secondary N) is 1. The molecule has 1 heterocycles. The zero-order chi connectivity index (χ0) is 13.1. The van der Waals surface area contributed by atoms with Gasteiger partial charge in [0.15, 0.2) is 0 Å². The van der Waals surface area contributed by atoms with Gasteiger partial charge in [-0.05, 0) is 25.7 Å². The molecule has 1 aliphatic rings. The predicted octanol–water partition coefficient (Wildman–Crippen LogP) is 2.20. The maximum absolute atomic E-state index is 11.4. The van der Waals surface area contributed by atoms with Crippen molar-refractivity contribution in [3.8, 4) is 12.3 Å². The van der Waals surface area contributed by atoms with Crippen molar-refractivity contribution in [2.75, 3.05) is 13.2 Å². The third-order valence-corrected chi connectivity index (χ3v) is 2.71. The zero-order valence-electron chi connectivity index (χ0n) is 10.7. The van der Waals surface area contributed by atoms with Gasteiger partial charge in [0, 0.05) is 25.6 Å². The van der Waals surface area contributed by atoms with Crippen molar-refractivity contribution in [3.05, 3.63) is 24.3 Å². The van der Waals surface area contributed by atoms with Crippen LogP contribution >= 0.6 is 0 Å². The van der Waals surface area contributed by atoms with Crippen LogP contribution in [0.3, 0.4) is 0 Å². The van der Waals surface area contributed by atoms with Crippen LogP contribution in [0.25, 0.3) is 0 Å². The van der Waals surface area contributed by atoms with Crippen LogP contribution in [-0.2, 0) is 9.53 Å². The summed E-state index contributed by atoms with van der Waals surface area (Å²) < 4.78 is 5.41. The van der Waals surface area contributed by atoms with Gasteiger partial charge in [-0.3, -0.25) is 4.79 Å². The number of rotatable bonds is 7. The minimum absolute atomic E-state index is 0.0706. The molecule has 3 heteroatoms. The third kappa shape index (κ3) is 6.93. The first-order valence-corrected chi connectivity index (χ1v) is 6.49. The van der Waals surface area contributed by atoms with E-state index in [1.807, 2.05) is 12.2 Å². The summed E-state index contributed by atoms with van der Waals surface area (Å²) in [6.07, 6.45) is 17.4. The van der Waals surface area contributed by atoms with Crippen LogP contribution in [0.2, 0.25) is 0 Å². The molecule has 1 saturated heterocycles. The Morgan fingerprint density at radius 1 is 1.50 bits per heavy atom. The molecule has 0 aliphatic carbocycles. The Hall–Kier alpha value is -1.53. The monoisotopic (exact) mass is 247 g/mol. The molecule has 0 radical (unpaired) electrons. The summed E-state index contributed by atoms with van der Waals surface area (Å²) in [7, 11) is 0. The lowest BCUT2D eigenvalue weighted by Gasteiger charge is -2.08. The third-order valence-electron chi connectivity index (χ3n) is 2.71. The number of unbranched alkanes of at least 4 members (excludes halogenated alkanes) is 2. The highest BCUT2D eigenvalue weighted by atomic mass is 16.5. The van der Waals surface area contributed by atoms with Crippen LogP contribution in [0.1, 0.15) is 32.1 Å². The Bertz CT molecular complexity index is 333. The highest BCUT2D eigenvalue weighted by Crippen LogP contribution is 2.10. The fourth-order valence-corrected chi connectivity index (χ4v) is 1.72. The molecule has 0 bridgehead atoms. The summed E-state index contributed by atoms with van der Waals surface area (Å²) in [6, 6.07) is 0. The van der Waals surface area contributed by atoms with Crippen LogP contribution in [0.15, 0.2) is 24.3 Å². The second kappa shape index (κ2) is 9.49. The lowest BCUT2D eigenvalue weighted by atomic mass is 10.2. The maximum Gasteiger partial charge on any atom is 0.244 e. The molecular weight excluding hydrogens is 226 g/mol. The van der Waals surface area contributed by atoms with E-state index in [0.29, 0.717) is 6.54 Å². The average molecular weight is 247 g/mol. The van der Waals surface area contributed by atoms with E-state index < -0.39 is 0 Å². The predicted molar refractivity (Wildman–Crippen MR) is 72.9 cm³/mol. The molecule has 0 aromatic rings. The molecule has 98 valence electrons. The van der Waals surface area contributed by atoms with Gasteiger partial charge in [0.2, 0.25) is 5.91 Å². The van der Waals surface area contributed by atoms with Crippen LogP contribution < -0.4 is 5.32 Å². The largest absolute Gasteiger partial charge is 0.376 e. The van der Waals surface area contributed by atoms with Crippen molar-refractivity contribution >= 4 is 5.91 Å². The first-order valence-electron chi connectivity index (χ1n) is 6.49. The topological polar surface area (TPSA) is 38.3 Å². The number of carbonyl (C=O) groups is 1. The lowest BCUT2D eigenvalue weighted by molar-refractivity contribution is -0.117. The number of carbonyl (C=O) groups excluding carboxylic acids is 1. The Labute approximate surface area is 109 Å². The minimum Gasteiger partial charge on any atom is -0.376 e. The number of ether oxygens (including phenoxy) is 1. The molecule has 1 N–H and O–H groups in total. The quantitative estimate of drug-likeness (QED) is 0.324. The zero-order valence-corrected chi connectivity index (χ0v) is 10.7. The summed E-state index contributed by atoms with van der Waals surface area (Å²) in [4.78, 5) is 11.4. The highest BCUT2D eigenvalue weighted by molar-refractivity contribution is 5.87. The van der Waals surface area contributed by atoms with Crippen molar-refractivity contribution in [1.82, 2.24) is 5.32 Å². The van der Waals surface area contributed by atoms with E-state index in [2.05, 4.69) is 11.2 Å². The Kier molecular flexibility index (Phi) is 7.66. The van der Waals surface area contributed by atoms with Gasteiger partial charge in [0.05, 0.1) is 6.10 Å². The van der Waals surface area contributed by atoms with Gasteiger partial charge in [0.1, 0.15) is 0 Å². The molecular formula is C15H21NO2. The highest BCUT2D eigenvalue weighted by Gasteiger charge is 2.15. The summed E-state index contributed by atoms with van der Waals surface area (Å²) in [6.45, 7) is 1.42. The smallest absolute Gasteiger partial charge is 0.244 e. The Morgan fingerprint density at radius 3 is 3.11 bits per heavy atom. The van der Waals surface area contributed by atoms with Crippen molar-refractivity contribution in [2.24, 2.45) is 0 Å². The molecule has 0 aromatic carbocycles. The molecule has 1 fully saturated rings. The number of allylic oxidation sites excluding steroid dienone is 3. The molecule has 3 nitrogen and oxygen atoms in total. The number of terminal acetylenes is 1. The van der Waals surface area contributed by atoms with E-state index in [1.165, 1.54) is 6.08 Å². The fourth-order valence-electron chi connectivity index (χ4n) is 1.72. The molecule has 0 spiro atoms. The Balaban J connectivity index is 2.05. The minimum atomic E-state index is -0.0706. The summed E-state index contributed by atoms with van der Waals surface area (Å²) in [5, 5.41) is 2.82. The first-order chi connectivity index (χ1) is 8.83. The van der Waals surface area contributed by atoms with Gasteiger partial charge in [-0.1, -0.05) is 18.2 Å². The second-order valence-corrected chi connectivity index (χ2v) is 4.26. The van der Waals surface area contributed by atoms with Gasteiger partial charge >= 0.3 is 0 Å². The van der Waals surface area contributed by atoms with Crippen molar-refractivity contribution in [1.29, 1.82) is 0 Å². The van der Waals surface area contributed by atoms with Gasteiger partial charge in [-0.15, -0.1) is 12.3 Å². The second-order valence-electron chi connectivity index (χ2n) is 4.26. The van der Waals surface area contributed by atoms with Crippen LogP contribution in [0.4, 0.5) is 0 Å². The number of amides is 1. The van der Waals surface area contributed by atoms with Crippen molar-refractivity contribution < 1.29 is 9.53 Å². The molecule has 1 atom stereocenters. The number of hydrogen-bond acceptors (Lipinski definition) is 2. The molecule has 1 unspecified atom stereocenters. The van der Waals surface area contributed by atoms with Gasteiger partial charge < -0.3 is 10.1 Å². The molecule has 18 heavy (non-hydrogen) atoms. The summed E-state index contributed by atoms with van der Waals surface area (Å²) in [5.41, 5.74) is 0. The average Bonchev–Trinajstić information content (AvgIpc) is 2.88. The summed E-state index contributed by atoms with van der Waals surface area (Å²) in [5.74, 6) is 2.52. The van der Waals surface area contributed by atoms with Gasteiger partial charge in [-0.25, -0.2) is 0 Å². The number of hydrogen-bond donors (Lipinski definition) is 1. The van der Waals surface area contributed by atoms with Crippen molar-refractivity contribution in [2.45, 2.75) is 38.2 Å². The van der Waals surface area contributed by atoms with Crippen LogP contribution in [0.5, 0.6) is 0 Å². The van der Waals surface area contributed by atoms with E-state index in [9.17, 15) is 4.79 Å². The SMILES string of the molecule is C#CCCC/C=C/C=C/C(=O)NCC1CCCO1. The van der Waals surface area contributed by atoms with Gasteiger partial charge in [-0.2, -0.15) is 0 Å². The normalized spacial score (nSPS) is 19.4. The van der Waals surface area contributed by atoms with E-state index in [-0.39, 0.29) is 12.0 Å².